The summed E-state index contributed by atoms with van der Waals surface area (Å²) in [7, 11) is 0. The fourth-order valence-corrected chi connectivity index (χ4v) is 2.69. The van der Waals surface area contributed by atoms with Crippen LogP contribution in [0.4, 0.5) is 0 Å². The minimum absolute atomic E-state index is 0.641. The van der Waals surface area contributed by atoms with Crippen LogP contribution < -0.4 is 0 Å². The van der Waals surface area contributed by atoms with Gasteiger partial charge in [-0.25, -0.2) is 4.98 Å². The molecular formula is C17H17ClN2. The van der Waals surface area contributed by atoms with Crippen LogP contribution in [-0.4, -0.2) is 15.4 Å². The summed E-state index contributed by atoms with van der Waals surface area (Å²) in [5, 5.41) is 2.60. The Morgan fingerprint density at radius 3 is 2.70 bits per heavy atom. The van der Waals surface area contributed by atoms with E-state index in [0.717, 1.165) is 19.4 Å². The van der Waals surface area contributed by atoms with Crippen LogP contribution in [0.3, 0.4) is 0 Å². The van der Waals surface area contributed by atoms with Crippen molar-refractivity contribution >= 4 is 22.4 Å². The zero-order valence-corrected chi connectivity index (χ0v) is 12.1. The predicted octanol–water partition coefficient (Wildman–Crippen LogP) is 4.06. The second-order valence-electron chi connectivity index (χ2n) is 4.95. The highest BCUT2D eigenvalue weighted by atomic mass is 35.5. The van der Waals surface area contributed by atoms with Gasteiger partial charge in [-0.15, -0.1) is 11.6 Å². The number of aromatic nitrogens is 2. The fourth-order valence-electron chi connectivity index (χ4n) is 2.50. The number of fused-ring (bicyclic) bond motifs is 1. The number of rotatable bonds is 5. The zero-order chi connectivity index (χ0) is 13.8. The number of alkyl halides is 1. The normalized spacial score (nSPS) is 11.1. The van der Waals surface area contributed by atoms with Crippen LogP contribution in [-0.2, 0) is 19.4 Å². The van der Waals surface area contributed by atoms with Crippen LogP contribution in [0.5, 0.6) is 0 Å². The van der Waals surface area contributed by atoms with Crippen molar-refractivity contribution in [1.82, 2.24) is 9.55 Å². The van der Waals surface area contributed by atoms with Crippen LogP contribution in [0.15, 0.2) is 55.0 Å². The van der Waals surface area contributed by atoms with Crippen molar-refractivity contribution in [2.75, 3.05) is 5.88 Å². The van der Waals surface area contributed by atoms with Gasteiger partial charge >= 0.3 is 0 Å². The first-order valence-electron chi connectivity index (χ1n) is 6.89. The van der Waals surface area contributed by atoms with Gasteiger partial charge in [-0.3, -0.25) is 0 Å². The number of hydrogen-bond donors (Lipinski definition) is 0. The average Bonchev–Trinajstić information content (AvgIpc) is 2.93. The number of imidazole rings is 1. The monoisotopic (exact) mass is 284 g/mol. The Morgan fingerprint density at radius 2 is 1.85 bits per heavy atom. The van der Waals surface area contributed by atoms with Gasteiger partial charge < -0.3 is 4.57 Å². The van der Waals surface area contributed by atoms with E-state index >= 15 is 0 Å². The van der Waals surface area contributed by atoms with Crippen molar-refractivity contribution in [3.05, 3.63) is 66.2 Å². The van der Waals surface area contributed by atoms with Gasteiger partial charge in [0.05, 0.1) is 6.33 Å². The summed E-state index contributed by atoms with van der Waals surface area (Å²) in [6.07, 6.45) is 5.68. The van der Waals surface area contributed by atoms with Crippen molar-refractivity contribution in [1.29, 1.82) is 0 Å². The third-order valence-electron chi connectivity index (χ3n) is 3.60. The average molecular weight is 285 g/mol. The molecule has 0 amide bonds. The molecule has 1 heterocycles. The topological polar surface area (TPSA) is 17.8 Å². The van der Waals surface area contributed by atoms with Gasteiger partial charge in [0.2, 0.25) is 0 Å². The van der Waals surface area contributed by atoms with Crippen LogP contribution >= 0.6 is 11.6 Å². The van der Waals surface area contributed by atoms with Gasteiger partial charge in [0.15, 0.2) is 0 Å². The van der Waals surface area contributed by atoms with E-state index in [2.05, 4.69) is 52.0 Å². The molecule has 2 nitrogen and oxygen atoms in total. The van der Waals surface area contributed by atoms with Gasteiger partial charge in [0.1, 0.15) is 0 Å². The fraction of sp³-hybridized carbons (Fsp3) is 0.235. The Labute approximate surface area is 124 Å². The number of hydrogen-bond acceptors (Lipinski definition) is 1. The minimum atomic E-state index is 0.641. The van der Waals surface area contributed by atoms with E-state index in [9.17, 15) is 0 Å². The molecule has 0 saturated heterocycles. The molecule has 0 bridgehead atoms. The largest absolute Gasteiger partial charge is 0.334 e. The Balaban J connectivity index is 1.74. The van der Waals surface area contributed by atoms with Crippen LogP contribution in [0.1, 0.15) is 11.3 Å². The van der Waals surface area contributed by atoms with Crippen molar-refractivity contribution in [2.24, 2.45) is 0 Å². The summed E-state index contributed by atoms with van der Waals surface area (Å²) in [6, 6.07) is 15.1. The van der Waals surface area contributed by atoms with Crippen LogP contribution in [0.2, 0.25) is 0 Å². The summed E-state index contributed by atoms with van der Waals surface area (Å²) in [6.45, 7) is 0.949. The molecule has 102 valence electrons. The molecule has 0 unspecified atom stereocenters. The molecule has 0 saturated carbocycles. The quantitative estimate of drug-likeness (QED) is 0.646. The molecule has 0 fully saturated rings. The van der Waals surface area contributed by atoms with E-state index in [4.69, 9.17) is 11.6 Å². The summed E-state index contributed by atoms with van der Waals surface area (Å²) in [5.41, 5.74) is 2.56. The molecule has 0 aliphatic carbocycles. The lowest BCUT2D eigenvalue weighted by molar-refractivity contribution is 0.665. The molecule has 0 N–H and O–H groups in total. The SMILES string of the molecule is ClCCc1cncn1CCc1ccc2ccccc2c1. The molecule has 0 atom stereocenters. The van der Waals surface area contributed by atoms with E-state index < -0.39 is 0 Å². The molecule has 3 aromatic rings. The molecule has 1 aromatic heterocycles. The molecule has 0 spiro atoms. The molecule has 0 aliphatic rings. The van der Waals surface area contributed by atoms with E-state index in [-0.39, 0.29) is 0 Å². The molecule has 0 aliphatic heterocycles. The predicted molar refractivity (Wildman–Crippen MR) is 84.3 cm³/mol. The maximum atomic E-state index is 5.81. The van der Waals surface area contributed by atoms with Gasteiger partial charge in [0.25, 0.3) is 0 Å². The maximum Gasteiger partial charge on any atom is 0.0948 e. The van der Waals surface area contributed by atoms with E-state index in [1.54, 1.807) is 0 Å². The zero-order valence-electron chi connectivity index (χ0n) is 11.3. The standard InChI is InChI=1S/C17H17ClN2/c18-9-7-17-12-19-13-20(17)10-8-14-5-6-15-3-1-2-4-16(15)11-14/h1-6,11-13H,7-10H2. The Hall–Kier alpha value is -1.80. The molecular weight excluding hydrogens is 268 g/mol. The lowest BCUT2D eigenvalue weighted by Gasteiger charge is -2.08. The van der Waals surface area contributed by atoms with E-state index in [1.807, 2.05) is 12.5 Å². The molecule has 2 aromatic carbocycles. The highest BCUT2D eigenvalue weighted by Crippen LogP contribution is 2.16. The number of benzene rings is 2. The third kappa shape index (κ3) is 2.86. The molecule has 0 radical (unpaired) electrons. The third-order valence-corrected chi connectivity index (χ3v) is 3.79. The lowest BCUT2D eigenvalue weighted by atomic mass is 10.1. The molecule has 3 heteroatoms. The molecule has 20 heavy (non-hydrogen) atoms. The van der Waals surface area contributed by atoms with Crippen molar-refractivity contribution in [3.63, 3.8) is 0 Å². The van der Waals surface area contributed by atoms with Gasteiger partial charge in [-0.2, -0.15) is 0 Å². The Kier molecular flexibility index (Phi) is 4.03. The number of halogens is 1. The van der Waals surface area contributed by atoms with Crippen LogP contribution in [0, 0.1) is 0 Å². The van der Waals surface area contributed by atoms with Gasteiger partial charge in [-0.1, -0.05) is 42.5 Å². The number of nitrogens with zero attached hydrogens (tertiary/aromatic N) is 2. The summed E-state index contributed by atoms with van der Waals surface area (Å²) in [4.78, 5) is 4.21. The van der Waals surface area contributed by atoms with Gasteiger partial charge in [-0.05, 0) is 22.8 Å². The Bertz CT molecular complexity index is 703. The summed E-state index contributed by atoms with van der Waals surface area (Å²) < 4.78 is 2.19. The lowest BCUT2D eigenvalue weighted by Crippen LogP contribution is -2.05. The van der Waals surface area contributed by atoms with Crippen molar-refractivity contribution in [2.45, 2.75) is 19.4 Å². The van der Waals surface area contributed by atoms with E-state index in [0.29, 0.717) is 5.88 Å². The number of aryl methyl sites for hydroxylation is 3. The van der Waals surface area contributed by atoms with Crippen molar-refractivity contribution in [3.8, 4) is 0 Å². The summed E-state index contributed by atoms with van der Waals surface area (Å²) in [5.74, 6) is 0.641. The summed E-state index contributed by atoms with van der Waals surface area (Å²) >= 11 is 5.81. The smallest absolute Gasteiger partial charge is 0.0948 e. The first-order valence-corrected chi connectivity index (χ1v) is 7.43. The maximum absolute atomic E-state index is 5.81. The Morgan fingerprint density at radius 1 is 1.00 bits per heavy atom. The second-order valence-corrected chi connectivity index (χ2v) is 5.33. The van der Waals surface area contributed by atoms with E-state index in [1.165, 1.54) is 22.0 Å². The minimum Gasteiger partial charge on any atom is -0.334 e. The first-order chi connectivity index (χ1) is 9.86. The van der Waals surface area contributed by atoms with Crippen molar-refractivity contribution < 1.29 is 0 Å². The van der Waals surface area contributed by atoms with Gasteiger partial charge in [0, 0.05) is 30.7 Å². The first kappa shape index (κ1) is 13.2. The molecule has 3 rings (SSSR count). The highest BCUT2D eigenvalue weighted by Gasteiger charge is 2.02. The van der Waals surface area contributed by atoms with Crippen LogP contribution in [0.25, 0.3) is 10.8 Å². The second kappa shape index (κ2) is 6.10. The highest BCUT2D eigenvalue weighted by molar-refractivity contribution is 6.17.